The van der Waals surface area contributed by atoms with Crippen LogP contribution in [-0.4, -0.2) is 26.9 Å². The molecule has 104 valence electrons. The number of benzene rings is 1. The van der Waals surface area contributed by atoms with Crippen molar-refractivity contribution in [1.82, 2.24) is 9.55 Å². The van der Waals surface area contributed by atoms with Crippen molar-refractivity contribution >= 4 is 11.0 Å². The van der Waals surface area contributed by atoms with Gasteiger partial charge in [0, 0.05) is 19.9 Å². The Bertz CT molecular complexity index is 563. The summed E-state index contributed by atoms with van der Waals surface area (Å²) in [5.74, 6) is 0.593. The minimum absolute atomic E-state index is 0.126. The molecule has 0 radical (unpaired) electrons. The maximum absolute atomic E-state index is 12.1. The molecule has 0 amide bonds. The predicted octanol–water partition coefficient (Wildman–Crippen LogP) is 2.82. The third kappa shape index (κ3) is 3.47. The molecule has 0 saturated heterocycles. The first-order valence-electron chi connectivity index (χ1n) is 6.02. The number of imidazole rings is 1. The number of aromatic nitrogens is 2. The van der Waals surface area contributed by atoms with Crippen molar-refractivity contribution in [2.24, 2.45) is 7.05 Å². The maximum Gasteiger partial charge on any atom is 0.389 e. The predicted molar refractivity (Wildman–Crippen MR) is 65.7 cm³/mol. The van der Waals surface area contributed by atoms with E-state index in [1.165, 1.54) is 0 Å². The Kier molecular flexibility index (Phi) is 3.80. The molecule has 0 aliphatic rings. The normalized spacial score (nSPS) is 13.9. The van der Waals surface area contributed by atoms with Gasteiger partial charge in [0.05, 0.1) is 17.1 Å². The van der Waals surface area contributed by atoms with Gasteiger partial charge in [-0.05, 0) is 18.6 Å². The molecule has 0 saturated carbocycles. The lowest BCUT2D eigenvalue weighted by atomic mass is 10.1. The molecule has 19 heavy (non-hydrogen) atoms. The second kappa shape index (κ2) is 5.21. The van der Waals surface area contributed by atoms with Crippen LogP contribution in [0.5, 0.6) is 0 Å². The van der Waals surface area contributed by atoms with E-state index in [0.29, 0.717) is 5.82 Å². The van der Waals surface area contributed by atoms with E-state index in [1.54, 1.807) is 11.6 Å². The van der Waals surface area contributed by atoms with Gasteiger partial charge < -0.3 is 9.67 Å². The molecular weight excluding hydrogens is 257 g/mol. The van der Waals surface area contributed by atoms with E-state index in [2.05, 4.69) is 4.98 Å². The molecule has 0 bridgehead atoms. The van der Waals surface area contributed by atoms with Gasteiger partial charge in [-0.2, -0.15) is 13.2 Å². The first-order valence-corrected chi connectivity index (χ1v) is 6.02. The molecule has 2 aromatic rings. The number of fused-ring (bicyclic) bond motifs is 1. The molecule has 6 heteroatoms. The van der Waals surface area contributed by atoms with Gasteiger partial charge >= 0.3 is 6.18 Å². The summed E-state index contributed by atoms with van der Waals surface area (Å²) in [6.07, 6.45) is -6.41. The lowest BCUT2D eigenvalue weighted by Crippen LogP contribution is -2.18. The molecular formula is C13H15F3N2O. The van der Waals surface area contributed by atoms with E-state index in [4.69, 9.17) is 0 Å². The topological polar surface area (TPSA) is 38.0 Å². The second-order valence-corrected chi connectivity index (χ2v) is 4.59. The van der Waals surface area contributed by atoms with Crippen LogP contribution in [0.15, 0.2) is 24.3 Å². The van der Waals surface area contributed by atoms with Crippen LogP contribution >= 0.6 is 0 Å². The van der Waals surface area contributed by atoms with E-state index in [0.717, 1.165) is 11.0 Å². The van der Waals surface area contributed by atoms with Crippen molar-refractivity contribution in [1.29, 1.82) is 0 Å². The van der Waals surface area contributed by atoms with Crippen molar-refractivity contribution in [2.75, 3.05) is 0 Å². The molecule has 1 N–H and O–H groups in total. The number of hydrogen-bond acceptors (Lipinski definition) is 2. The van der Waals surface area contributed by atoms with Crippen LogP contribution in [0.2, 0.25) is 0 Å². The van der Waals surface area contributed by atoms with Crippen LogP contribution in [-0.2, 0) is 13.5 Å². The lowest BCUT2D eigenvalue weighted by Gasteiger charge is -2.12. The van der Waals surface area contributed by atoms with Crippen molar-refractivity contribution < 1.29 is 18.3 Å². The van der Waals surface area contributed by atoms with Crippen LogP contribution in [0, 0.1) is 0 Å². The smallest absolute Gasteiger partial charge is 0.389 e. The fraction of sp³-hybridized carbons (Fsp3) is 0.462. The zero-order chi connectivity index (χ0) is 14.0. The Morgan fingerprint density at radius 1 is 1.32 bits per heavy atom. The van der Waals surface area contributed by atoms with Crippen LogP contribution in [0.4, 0.5) is 13.2 Å². The standard InChI is InChI=1S/C13H15F3N2O/c1-18-11-5-3-2-4-10(11)17-12(18)8-9(19)6-7-13(14,15)16/h2-5,9,19H,6-8H2,1H3. The second-order valence-electron chi connectivity index (χ2n) is 4.59. The number of halogens is 3. The summed E-state index contributed by atoms with van der Waals surface area (Å²) >= 11 is 0. The van der Waals surface area contributed by atoms with E-state index in [9.17, 15) is 18.3 Å². The molecule has 1 atom stereocenters. The van der Waals surface area contributed by atoms with E-state index < -0.39 is 18.7 Å². The minimum Gasteiger partial charge on any atom is -0.393 e. The number of aliphatic hydroxyl groups excluding tert-OH is 1. The van der Waals surface area contributed by atoms with E-state index in [1.807, 2.05) is 24.3 Å². The third-order valence-electron chi connectivity index (χ3n) is 3.06. The lowest BCUT2D eigenvalue weighted by molar-refractivity contribution is -0.139. The number of aliphatic hydroxyl groups is 1. The Balaban J connectivity index is 2.07. The van der Waals surface area contributed by atoms with Gasteiger partial charge in [0.2, 0.25) is 0 Å². The maximum atomic E-state index is 12.1. The van der Waals surface area contributed by atoms with E-state index in [-0.39, 0.29) is 12.8 Å². The van der Waals surface area contributed by atoms with Gasteiger partial charge in [0.15, 0.2) is 0 Å². The quantitative estimate of drug-likeness (QED) is 0.929. The number of hydrogen-bond donors (Lipinski definition) is 1. The first-order chi connectivity index (χ1) is 8.87. The van der Waals surface area contributed by atoms with Gasteiger partial charge in [0.25, 0.3) is 0 Å². The average Bonchev–Trinajstić information content (AvgIpc) is 2.64. The first kappa shape index (κ1) is 13.9. The van der Waals surface area contributed by atoms with Gasteiger partial charge in [0.1, 0.15) is 5.82 Å². The Morgan fingerprint density at radius 3 is 2.63 bits per heavy atom. The molecule has 2 rings (SSSR count). The molecule has 1 unspecified atom stereocenters. The highest BCUT2D eigenvalue weighted by atomic mass is 19.4. The Hall–Kier alpha value is -1.56. The van der Waals surface area contributed by atoms with Crippen molar-refractivity contribution in [3.05, 3.63) is 30.1 Å². The fourth-order valence-electron chi connectivity index (χ4n) is 2.02. The Labute approximate surface area is 108 Å². The van der Waals surface area contributed by atoms with Gasteiger partial charge in [-0.25, -0.2) is 4.98 Å². The number of aryl methyl sites for hydroxylation is 1. The zero-order valence-corrected chi connectivity index (χ0v) is 10.5. The summed E-state index contributed by atoms with van der Waals surface area (Å²) in [6, 6.07) is 7.43. The van der Waals surface area contributed by atoms with Crippen molar-refractivity contribution in [3.63, 3.8) is 0 Å². The Morgan fingerprint density at radius 2 is 2.00 bits per heavy atom. The summed E-state index contributed by atoms with van der Waals surface area (Å²) in [4.78, 5) is 4.32. The third-order valence-corrected chi connectivity index (χ3v) is 3.06. The number of alkyl halides is 3. The van der Waals surface area contributed by atoms with Crippen LogP contribution in [0.25, 0.3) is 11.0 Å². The summed E-state index contributed by atoms with van der Waals surface area (Å²) in [6.45, 7) is 0. The summed E-state index contributed by atoms with van der Waals surface area (Å²) in [7, 11) is 1.79. The monoisotopic (exact) mass is 272 g/mol. The molecule has 1 aromatic heterocycles. The van der Waals surface area contributed by atoms with Crippen LogP contribution < -0.4 is 0 Å². The molecule has 0 aliphatic carbocycles. The molecule has 0 fully saturated rings. The molecule has 0 aliphatic heterocycles. The zero-order valence-electron chi connectivity index (χ0n) is 10.5. The molecule has 1 heterocycles. The average molecular weight is 272 g/mol. The number of para-hydroxylation sites is 2. The SMILES string of the molecule is Cn1c(CC(O)CCC(F)(F)F)nc2ccccc21. The minimum atomic E-state index is -4.23. The highest BCUT2D eigenvalue weighted by Gasteiger charge is 2.28. The van der Waals surface area contributed by atoms with Gasteiger partial charge in [-0.3, -0.25) is 0 Å². The van der Waals surface area contributed by atoms with Crippen LogP contribution in [0.3, 0.4) is 0 Å². The van der Waals surface area contributed by atoms with Crippen molar-refractivity contribution in [3.8, 4) is 0 Å². The molecule has 3 nitrogen and oxygen atoms in total. The summed E-state index contributed by atoms with van der Waals surface area (Å²) < 4.78 is 38.0. The highest BCUT2D eigenvalue weighted by molar-refractivity contribution is 5.75. The summed E-state index contributed by atoms with van der Waals surface area (Å²) in [5, 5.41) is 9.66. The highest BCUT2D eigenvalue weighted by Crippen LogP contribution is 2.23. The van der Waals surface area contributed by atoms with E-state index >= 15 is 0 Å². The fourth-order valence-corrected chi connectivity index (χ4v) is 2.02. The number of nitrogens with zero attached hydrogens (tertiary/aromatic N) is 2. The van der Waals surface area contributed by atoms with Crippen LogP contribution in [0.1, 0.15) is 18.7 Å². The van der Waals surface area contributed by atoms with Gasteiger partial charge in [-0.15, -0.1) is 0 Å². The van der Waals surface area contributed by atoms with Crippen molar-refractivity contribution in [2.45, 2.75) is 31.5 Å². The summed E-state index contributed by atoms with van der Waals surface area (Å²) in [5.41, 5.74) is 1.68. The number of rotatable bonds is 4. The molecule has 1 aromatic carbocycles. The van der Waals surface area contributed by atoms with Gasteiger partial charge in [-0.1, -0.05) is 12.1 Å². The largest absolute Gasteiger partial charge is 0.393 e. The molecule has 0 spiro atoms.